The second kappa shape index (κ2) is 8.20. The molecule has 10 heteroatoms. The van der Waals surface area contributed by atoms with Crippen molar-refractivity contribution in [3.63, 3.8) is 0 Å². The van der Waals surface area contributed by atoms with Crippen molar-refractivity contribution >= 4 is 21.8 Å². The second-order valence-electron chi connectivity index (χ2n) is 6.65. The van der Waals surface area contributed by atoms with Crippen molar-refractivity contribution in [1.29, 1.82) is 0 Å². The average molecular weight is 463 g/mol. The van der Waals surface area contributed by atoms with Gasteiger partial charge in [0.2, 0.25) is 5.91 Å². The van der Waals surface area contributed by atoms with Gasteiger partial charge in [-0.25, -0.2) is 4.39 Å². The van der Waals surface area contributed by atoms with Crippen molar-refractivity contribution in [2.24, 2.45) is 0 Å². The van der Waals surface area contributed by atoms with Crippen LogP contribution in [0.5, 0.6) is 0 Å². The van der Waals surface area contributed by atoms with Gasteiger partial charge in [-0.3, -0.25) is 14.4 Å². The molecule has 0 spiro atoms. The Labute approximate surface area is 168 Å². The Morgan fingerprint density at radius 2 is 1.82 bits per heavy atom. The molecular formula is C18H19BrF4N4O. The molecule has 1 amide bonds. The van der Waals surface area contributed by atoms with Gasteiger partial charge < -0.3 is 4.90 Å². The quantitative estimate of drug-likeness (QED) is 0.653. The molecule has 152 valence electrons. The Balaban J connectivity index is 1.58. The Hall–Kier alpha value is -1.94. The van der Waals surface area contributed by atoms with Gasteiger partial charge >= 0.3 is 6.18 Å². The van der Waals surface area contributed by atoms with E-state index in [-0.39, 0.29) is 28.4 Å². The van der Waals surface area contributed by atoms with Crippen molar-refractivity contribution in [3.05, 3.63) is 51.5 Å². The molecule has 0 aliphatic carbocycles. The van der Waals surface area contributed by atoms with Crippen LogP contribution < -0.4 is 0 Å². The van der Waals surface area contributed by atoms with Crippen LogP contribution >= 0.6 is 15.9 Å². The predicted octanol–water partition coefficient (Wildman–Crippen LogP) is 3.46. The first-order chi connectivity index (χ1) is 13.2. The molecular weight excluding hydrogens is 444 g/mol. The summed E-state index contributed by atoms with van der Waals surface area (Å²) in [4.78, 5) is 16.1. The van der Waals surface area contributed by atoms with Crippen LogP contribution in [0.2, 0.25) is 0 Å². The summed E-state index contributed by atoms with van der Waals surface area (Å²) in [5.41, 5.74) is -0.189. The second-order valence-corrected chi connectivity index (χ2v) is 7.44. The first kappa shape index (κ1) is 20.8. The molecule has 2 heterocycles. The number of benzene rings is 1. The van der Waals surface area contributed by atoms with Gasteiger partial charge in [-0.2, -0.15) is 18.3 Å². The van der Waals surface area contributed by atoms with Gasteiger partial charge in [-0.05, 0) is 28.9 Å². The topological polar surface area (TPSA) is 41.4 Å². The van der Waals surface area contributed by atoms with Crippen LogP contribution in [0.4, 0.5) is 17.6 Å². The van der Waals surface area contributed by atoms with Crippen molar-refractivity contribution < 1.29 is 22.4 Å². The number of carbonyl (C=O) groups is 1. The molecule has 28 heavy (non-hydrogen) atoms. The predicted molar refractivity (Wildman–Crippen MR) is 97.9 cm³/mol. The van der Waals surface area contributed by atoms with E-state index >= 15 is 0 Å². The summed E-state index contributed by atoms with van der Waals surface area (Å²) in [6.07, 6.45) is -4.59. The maximum absolute atomic E-state index is 13.8. The number of carbonyl (C=O) groups excluding carboxylic acids is 1. The van der Waals surface area contributed by atoms with Crippen LogP contribution in [0, 0.1) is 12.7 Å². The molecule has 1 fully saturated rings. The van der Waals surface area contributed by atoms with Crippen molar-refractivity contribution in [2.75, 3.05) is 26.2 Å². The Kier molecular flexibility index (Phi) is 6.09. The smallest absolute Gasteiger partial charge is 0.339 e. The lowest BCUT2D eigenvalue weighted by Gasteiger charge is -2.34. The van der Waals surface area contributed by atoms with E-state index in [2.05, 4.69) is 21.0 Å². The monoisotopic (exact) mass is 462 g/mol. The van der Waals surface area contributed by atoms with Crippen LogP contribution in [-0.2, 0) is 24.1 Å². The molecule has 5 nitrogen and oxygen atoms in total. The maximum Gasteiger partial charge on any atom is 0.436 e. The average Bonchev–Trinajstić information content (AvgIpc) is 2.93. The molecule has 0 atom stereocenters. The number of amides is 1. The van der Waals surface area contributed by atoms with E-state index in [1.165, 1.54) is 13.0 Å². The maximum atomic E-state index is 13.8. The zero-order valence-corrected chi connectivity index (χ0v) is 16.7. The van der Waals surface area contributed by atoms with Crippen LogP contribution in [-0.4, -0.2) is 51.7 Å². The minimum atomic E-state index is -4.59. The fraction of sp³-hybridized carbons (Fsp3) is 0.444. The lowest BCUT2D eigenvalue weighted by Crippen LogP contribution is -2.49. The number of hydrogen-bond donors (Lipinski definition) is 0. The van der Waals surface area contributed by atoms with Crippen molar-refractivity contribution in [2.45, 2.75) is 26.2 Å². The lowest BCUT2D eigenvalue weighted by atomic mass is 10.2. The van der Waals surface area contributed by atoms with Gasteiger partial charge in [0.15, 0.2) is 5.69 Å². The molecule has 1 aromatic heterocycles. The van der Waals surface area contributed by atoms with E-state index in [1.807, 2.05) is 4.90 Å². The SMILES string of the molecule is Cc1c(Br)c(C(F)(F)F)nn1CC(=O)N1CCN(Cc2ccccc2F)CC1. The minimum absolute atomic E-state index is 0.150. The van der Waals surface area contributed by atoms with Crippen LogP contribution in [0.1, 0.15) is 17.0 Å². The highest BCUT2D eigenvalue weighted by Crippen LogP contribution is 2.35. The highest BCUT2D eigenvalue weighted by Gasteiger charge is 2.38. The zero-order valence-electron chi connectivity index (χ0n) is 15.1. The molecule has 0 bridgehead atoms. The third-order valence-corrected chi connectivity index (χ3v) is 5.71. The van der Waals surface area contributed by atoms with Gasteiger partial charge in [0.25, 0.3) is 0 Å². The largest absolute Gasteiger partial charge is 0.436 e. The summed E-state index contributed by atoms with van der Waals surface area (Å²) in [5, 5.41) is 3.54. The minimum Gasteiger partial charge on any atom is -0.339 e. The Morgan fingerprint density at radius 3 is 2.39 bits per heavy atom. The molecule has 1 aliphatic heterocycles. The van der Waals surface area contributed by atoms with E-state index in [1.54, 1.807) is 23.1 Å². The number of alkyl halides is 3. The molecule has 1 aliphatic rings. The summed E-state index contributed by atoms with van der Waals surface area (Å²) in [6.45, 7) is 3.67. The summed E-state index contributed by atoms with van der Waals surface area (Å²) in [6, 6.07) is 6.55. The Bertz CT molecular complexity index is 860. The number of nitrogens with zero attached hydrogens (tertiary/aromatic N) is 4. The van der Waals surface area contributed by atoms with Gasteiger partial charge in [0.05, 0.1) is 10.2 Å². The van der Waals surface area contributed by atoms with E-state index < -0.39 is 11.9 Å². The van der Waals surface area contributed by atoms with Gasteiger partial charge in [-0.15, -0.1) is 0 Å². The van der Waals surface area contributed by atoms with E-state index in [0.29, 0.717) is 38.3 Å². The molecule has 0 N–H and O–H groups in total. The first-order valence-electron chi connectivity index (χ1n) is 8.70. The molecule has 1 saturated heterocycles. The first-order valence-corrected chi connectivity index (χ1v) is 9.49. The number of halogens is 5. The summed E-state index contributed by atoms with van der Waals surface area (Å²) in [7, 11) is 0. The van der Waals surface area contributed by atoms with Gasteiger partial charge in [0.1, 0.15) is 12.4 Å². The molecule has 0 saturated carbocycles. The third-order valence-electron chi connectivity index (χ3n) is 4.76. The number of rotatable bonds is 4. The standard InChI is InChI=1S/C18H19BrF4N4O/c1-12-16(19)17(18(21,22)23)24-27(12)11-15(28)26-8-6-25(7-9-26)10-13-4-2-3-5-14(13)20/h2-5H,6-11H2,1H3. The van der Waals surface area contributed by atoms with Crippen LogP contribution in [0.3, 0.4) is 0 Å². The number of piperazine rings is 1. The van der Waals surface area contributed by atoms with E-state index in [9.17, 15) is 22.4 Å². The third kappa shape index (κ3) is 4.54. The van der Waals surface area contributed by atoms with Crippen molar-refractivity contribution in [1.82, 2.24) is 19.6 Å². The summed E-state index contributed by atoms with van der Waals surface area (Å²) < 4.78 is 53.5. The number of aromatic nitrogens is 2. The van der Waals surface area contributed by atoms with E-state index in [4.69, 9.17) is 0 Å². The zero-order chi connectivity index (χ0) is 20.5. The van der Waals surface area contributed by atoms with E-state index in [0.717, 1.165) is 4.68 Å². The Morgan fingerprint density at radius 1 is 1.18 bits per heavy atom. The summed E-state index contributed by atoms with van der Waals surface area (Å²) >= 11 is 2.90. The molecule has 0 radical (unpaired) electrons. The van der Waals surface area contributed by atoms with Gasteiger partial charge in [0, 0.05) is 38.3 Å². The molecule has 2 aromatic rings. The molecule has 0 unspecified atom stereocenters. The molecule has 3 rings (SSSR count). The number of hydrogen-bond acceptors (Lipinski definition) is 3. The lowest BCUT2D eigenvalue weighted by molar-refractivity contribution is -0.142. The normalized spacial score (nSPS) is 15.9. The summed E-state index contributed by atoms with van der Waals surface area (Å²) in [5.74, 6) is -0.557. The molecule has 1 aromatic carbocycles. The van der Waals surface area contributed by atoms with Crippen molar-refractivity contribution in [3.8, 4) is 0 Å². The highest BCUT2D eigenvalue weighted by molar-refractivity contribution is 9.10. The van der Waals surface area contributed by atoms with Crippen LogP contribution in [0.25, 0.3) is 0 Å². The highest BCUT2D eigenvalue weighted by atomic mass is 79.9. The fourth-order valence-corrected chi connectivity index (χ4v) is 3.62. The van der Waals surface area contributed by atoms with Gasteiger partial charge in [-0.1, -0.05) is 18.2 Å². The fourth-order valence-electron chi connectivity index (χ4n) is 3.11. The van der Waals surface area contributed by atoms with Crippen LogP contribution in [0.15, 0.2) is 28.7 Å².